The Morgan fingerprint density at radius 3 is 3.00 bits per heavy atom. The molecule has 0 spiro atoms. The molecule has 4 heteroatoms. The molecule has 0 saturated carbocycles. The molecule has 1 heterocycles. The van der Waals surface area contributed by atoms with Gasteiger partial charge in [0.2, 0.25) is 0 Å². The van der Waals surface area contributed by atoms with Crippen LogP contribution in [0.3, 0.4) is 0 Å². The molecule has 0 aliphatic rings. The Morgan fingerprint density at radius 1 is 1.75 bits per heavy atom. The van der Waals surface area contributed by atoms with Crippen molar-refractivity contribution in [2.24, 2.45) is 5.16 Å². The third-order valence-electron chi connectivity index (χ3n) is 1.49. The standard InChI is InChI=1S/C8H10N2O2/c1-6(10-12)5-8(11)7-3-2-4-9-7/h2-4,9,12H,5H2,1H3/b10-6-. The lowest BCUT2D eigenvalue weighted by atomic mass is 10.1. The molecular formula is C8H10N2O2. The van der Waals surface area contributed by atoms with E-state index in [1.165, 1.54) is 0 Å². The molecular weight excluding hydrogens is 156 g/mol. The van der Waals surface area contributed by atoms with Crippen LogP contribution >= 0.6 is 0 Å². The van der Waals surface area contributed by atoms with Crippen LogP contribution in [0.2, 0.25) is 0 Å². The fourth-order valence-corrected chi connectivity index (χ4v) is 0.867. The number of carbonyl (C=O) groups is 1. The van der Waals surface area contributed by atoms with E-state index in [-0.39, 0.29) is 12.2 Å². The van der Waals surface area contributed by atoms with Gasteiger partial charge in [0.25, 0.3) is 0 Å². The van der Waals surface area contributed by atoms with Crippen molar-refractivity contribution in [2.75, 3.05) is 0 Å². The van der Waals surface area contributed by atoms with Crippen LogP contribution < -0.4 is 0 Å². The van der Waals surface area contributed by atoms with E-state index in [1.54, 1.807) is 25.3 Å². The summed E-state index contributed by atoms with van der Waals surface area (Å²) in [5.41, 5.74) is 0.951. The minimum Gasteiger partial charge on any atom is -0.411 e. The molecule has 0 aliphatic heterocycles. The lowest BCUT2D eigenvalue weighted by molar-refractivity contribution is 0.0995. The largest absolute Gasteiger partial charge is 0.411 e. The fourth-order valence-electron chi connectivity index (χ4n) is 0.867. The molecule has 0 radical (unpaired) electrons. The molecule has 1 rings (SSSR count). The number of ketones is 1. The van der Waals surface area contributed by atoms with Crippen molar-refractivity contribution in [3.8, 4) is 0 Å². The summed E-state index contributed by atoms with van der Waals surface area (Å²) in [6.45, 7) is 1.60. The molecule has 0 aromatic carbocycles. The number of Topliss-reactive ketones (excluding diaryl/α,β-unsaturated/α-hetero) is 1. The summed E-state index contributed by atoms with van der Waals surface area (Å²) >= 11 is 0. The topological polar surface area (TPSA) is 65.5 Å². The summed E-state index contributed by atoms with van der Waals surface area (Å²) in [4.78, 5) is 14.0. The van der Waals surface area contributed by atoms with Crippen molar-refractivity contribution < 1.29 is 10.0 Å². The van der Waals surface area contributed by atoms with Crippen LogP contribution in [0, 0.1) is 0 Å². The lowest BCUT2D eigenvalue weighted by Gasteiger charge is -1.94. The predicted molar refractivity (Wildman–Crippen MR) is 44.6 cm³/mol. The number of hydrogen-bond acceptors (Lipinski definition) is 3. The van der Waals surface area contributed by atoms with Gasteiger partial charge in [-0.2, -0.15) is 0 Å². The minimum atomic E-state index is -0.0738. The van der Waals surface area contributed by atoms with Gasteiger partial charge in [-0.25, -0.2) is 0 Å². The summed E-state index contributed by atoms with van der Waals surface area (Å²) in [5, 5.41) is 11.2. The summed E-state index contributed by atoms with van der Waals surface area (Å²) in [6, 6.07) is 3.44. The Balaban J connectivity index is 2.62. The Morgan fingerprint density at radius 2 is 2.50 bits per heavy atom. The van der Waals surface area contributed by atoms with Crippen LogP contribution in [0.15, 0.2) is 23.5 Å². The Labute approximate surface area is 69.9 Å². The van der Waals surface area contributed by atoms with E-state index in [9.17, 15) is 4.79 Å². The van der Waals surface area contributed by atoms with Crippen LogP contribution in [0.4, 0.5) is 0 Å². The maximum atomic E-state index is 11.3. The van der Waals surface area contributed by atoms with Crippen LogP contribution in [0.25, 0.3) is 0 Å². The smallest absolute Gasteiger partial charge is 0.184 e. The average Bonchev–Trinajstić information content (AvgIpc) is 2.56. The van der Waals surface area contributed by atoms with Gasteiger partial charge in [-0.05, 0) is 19.1 Å². The highest BCUT2D eigenvalue weighted by Gasteiger charge is 2.07. The monoisotopic (exact) mass is 166 g/mol. The van der Waals surface area contributed by atoms with Gasteiger partial charge >= 0.3 is 0 Å². The van der Waals surface area contributed by atoms with E-state index < -0.39 is 0 Å². The van der Waals surface area contributed by atoms with Gasteiger partial charge in [0, 0.05) is 6.20 Å². The molecule has 0 aliphatic carbocycles. The van der Waals surface area contributed by atoms with E-state index >= 15 is 0 Å². The summed E-state index contributed by atoms with van der Waals surface area (Å²) < 4.78 is 0. The molecule has 0 fully saturated rings. The first-order valence-electron chi connectivity index (χ1n) is 3.58. The van der Waals surface area contributed by atoms with Gasteiger partial charge < -0.3 is 10.2 Å². The molecule has 12 heavy (non-hydrogen) atoms. The van der Waals surface area contributed by atoms with Crippen molar-refractivity contribution in [1.82, 2.24) is 4.98 Å². The SMILES string of the molecule is C/C(CC(=O)c1ccc[nH]1)=N/O. The molecule has 1 aromatic rings. The van der Waals surface area contributed by atoms with E-state index in [2.05, 4.69) is 10.1 Å². The zero-order chi connectivity index (χ0) is 8.97. The van der Waals surface area contributed by atoms with Crippen LogP contribution in [0.1, 0.15) is 23.8 Å². The first-order valence-corrected chi connectivity index (χ1v) is 3.58. The van der Waals surface area contributed by atoms with Gasteiger partial charge in [0.15, 0.2) is 5.78 Å². The second kappa shape index (κ2) is 3.71. The predicted octanol–water partition coefficient (Wildman–Crippen LogP) is 1.44. The molecule has 2 N–H and O–H groups in total. The Hall–Kier alpha value is -1.58. The number of nitrogens with one attached hydrogen (secondary N) is 1. The van der Waals surface area contributed by atoms with Crippen LogP contribution in [0.5, 0.6) is 0 Å². The summed E-state index contributed by atoms with van der Waals surface area (Å²) in [6.07, 6.45) is 1.83. The molecule has 1 aromatic heterocycles. The number of nitrogens with zero attached hydrogens (tertiary/aromatic N) is 1. The van der Waals surface area contributed by atoms with Crippen LogP contribution in [-0.4, -0.2) is 21.7 Å². The summed E-state index contributed by atoms with van der Waals surface area (Å²) in [5.74, 6) is -0.0738. The number of aromatic amines is 1. The number of aromatic nitrogens is 1. The van der Waals surface area contributed by atoms with Crippen molar-refractivity contribution >= 4 is 11.5 Å². The Kier molecular flexibility index (Phi) is 2.63. The maximum Gasteiger partial charge on any atom is 0.184 e. The molecule has 0 amide bonds. The highest BCUT2D eigenvalue weighted by Crippen LogP contribution is 2.00. The highest BCUT2D eigenvalue weighted by molar-refractivity contribution is 6.07. The van der Waals surface area contributed by atoms with E-state index in [4.69, 9.17) is 5.21 Å². The van der Waals surface area contributed by atoms with E-state index in [0.29, 0.717) is 11.4 Å². The zero-order valence-electron chi connectivity index (χ0n) is 6.74. The fraction of sp³-hybridized carbons (Fsp3) is 0.250. The van der Waals surface area contributed by atoms with Gasteiger partial charge in [-0.15, -0.1) is 0 Å². The lowest BCUT2D eigenvalue weighted by Crippen LogP contribution is -2.05. The molecule has 0 atom stereocenters. The number of oxime groups is 1. The van der Waals surface area contributed by atoms with Crippen molar-refractivity contribution in [1.29, 1.82) is 0 Å². The van der Waals surface area contributed by atoms with Crippen LogP contribution in [-0.2, 0) is 0 Å². The second-order valence-corrected chi connectivity index (χ2v) is 2.52. The second-order valence-electron chi connectivity index (χ2n) is 2.52. The van der Waals surface area contributed by atoms with Gasteiger partial charge in [-0.1, -0.05) is 5.16 Å². The number of H-pyrrole nitrogens is 1. The normalized spacial score (nSPS) is 11.6. The van der Waals surface area contributed by atoms with Crippen molar-refractivity contribution in [3.63, 3.8) is 0 Å². The number of carbonyl (C=O) groups excluding carboxylic acids is 1. The molecule has 4 nitrogen and oxygen atoms in total. The first-order chi connectivity index (χ1) is 5.74. The average molecular weight is 166 g/mol. The third kappa shape index (κ3) is 1.95. The van der Waals surface area contributed by atoms with E-state index in [0.717, 1.165) is 0 Å². The van der Waals surface area contributed by atoms with Gasteiger partial charge in [0.1, 0.15) is 0 Å². The molecule has 64 valence electrons. The molecule has 0 saturated heterocycles. The van der Waals surface area contributed by atoms with Crippen molar-refractivity contribution in [3.05, 3.63) is 24.0 Å². The number of rotatable bonds is 3. The highest BCUT2D eigenvalue weighted by atomic mass is 16.4. The quantitative estimate of drug-likeness (QED) is 0.309. The number of hydrogen-bond donors (Lipinski definition) is 2. The minimum absolute atomic E-state index is 0.0738. The van der Waals surface area contributed by atoms with Gasteiger partial charge in [-0.3, -0.25) is 4.79 Å². The third-order valence-corrected chi connectivity index (χ3v) is 1.49. The maximum absolute atomic E-state index is 11.3. The Bertz CT molecular complexity index is 288. The zero-order valence-corrected chi connectivity index (χ0v) is 6.74. The first kappa shape index (κ1) is 8.52. The molecule has 0 unspecified atom stereocenters. The summed E-state index contributed by atoms with van der Waals surface area (Å²) in [7, 11) is 0. The van der Waals surface area contributed by atoms with Gasteiger partial charge in [0.05, 0.1) is 17.8 Å². The van der Waals surface area contributed by atoms with Crippen molar-refractivity contribution in [2.45, 2.75) is 13.3 Å². The molecule has 0 bridgehead atoms. The van der Waals surface area contributed by atoms with E-state index in [1.807, 2.05) is 0 Å².